The lowest BCUT2D eigenvalue weighted by atomic mass is 10.0. The first-order chi connectivity index (χ1) is 13.5. The molecule has 0 bridgehead atoms. The van der Waals surface area contributed by atoms with Crippen LogP contribution < -0.4 is 15.4 Å². The summed E-state index contributed by atoms with van der Waals surface area (Å²) in [5.74, 6) is 0.939. The van der Waals surface area contributed by atoms with Gasteiger partial charge in [0, 0.05) is 25.6 Å². The number of aliphatic hydroxyl groups is 1. The zero-order chi connectivity index (χ0) is 20.4. The highest BCUT2D eigenvalue weighted by Gasteiger charge is 2.11. The maximum absolute atomic E-state index is 12.2. The summed E-state index contributed by atoms with van der Waals surface area (Å²) < 4.78 is 28.7. The third kappa shape index (κ3) is 7.15. The van der Waals surface area contributed by atoms with Gasteiger partial charge in [-0.25, -0.2) is 0 Å². The lowest BCUT2D eigenvalue weighted by molar-refractivity contribution is -0.0498. The van der Waals surface area contributed by atoms with Crippen LogP contribution in [0.25, 0.3) is 0 Å². The highest BCUT2D eigenvalue weighted by molar-refractivity contribution is 5.79. The van der Waals surface area contributed by atoms with E-state index in [0.29, 0.717) is 24.6 Å². The quantitative estimate of drug-likeness (QED) is 0.451. The topological polar surface area (TPSA) is 65.9 Å². The van der Waals surface area contributed by atoms with Crippen molar-refractivity contribution >= 4 is 5.96 Å². The molecule has 0 amide bonds. The van der Waals surface area contributed by atoms with Gasteiger partial charge in [0.15, 0.2) is 5.96 Å². The summed E-state index contributed by atoms with van der Waals surface area (Å²) in [6.07, 6.45) is -0.809. The number of aliphatic hydroxyl groups excluding tert-OH is 1. The molecule has 2 rings (SSSR count). The molecule has 0 saturated heterocycles. The van der Waals surface area contributed by atoms with Crippen LogP contribution in [-0.4, -0.2) is 37.3 Å². The van der Waals surface area contributed by atoms with Crippen LogP contribution in [-0.2, 0) is 0 Å². The SMILES string of the molecule is CCNC(=NCC(C)c1ccccc1)NCC(O)c1ccc(OC(F)F)cc1. The average molecular weight is 391 g/mol. The Morgan fingerprint density at radius 2 is 1.71 bits per heavy atom. The van der Waals surface area contributed by atoms with Crippen LogP contribution in [0, 0.1) is 0 Å². The highest BCUT2D eigenvalue weighted by Crippen LogP contribution is 2.19. The molecule has 0 aromatic heterocycles. The lowest BCUT2D eigenvalue weighted by Gasteiger charge is -2.17. The van der Waals surface area contributed by atoms with Crippen molar-refractivity contribution in [2.24, 2.45) is 4.99 Å². The molecule has 152 valence electrons. The van der Waals surface area contributed by atoms with Crippen molar-refractivity contribution < 1.29 is 18.6 Å². The largest absolute Gasteiger partial charge is 0.435 e. The number of nitrogens with zero attached hydrogens (tertiary/aromatic N) is 1. The van der Waals surface area contributed by atoms with Crippen LogP contribution in [0.1, 0.15) is 37.0 Å². The van der Waals surface area contributed by atoms with Gasteiger partial charge in [-0.05, 0) is 30.2 Å². The Morgan fingerprint density at radius 3 is 2.32 bits per heavy atom. The summed E-state index contributed by atoms with van der Waals surface area (Å²) in [5.41, 5.74) is 1.82. The molecule has 0 saturated carbocycles. The molecule has 0 heterocycles. The lowest BCUT2D eigenvalue weighted by Crippen LogP contribution is -2.39. The van der Waals surface area contributed by atoms with Gasteiger partial charge in [0.25, 0.3) is 0 Å². The van der Waals surface area contributed by atoms with Crippen LogP contribution in [0.15, 0.2) is 59.6 Å². The van der Waals surface area contributed by atoms with Gasteiger partial charge in [0.2, 0.25) is 0 Å². The van der Waals surface area contributed by atoms with Gasteiger partial charge in [0.05, 0.1) is 6.10 Å². The molecule has 3 N–H and O–H groups in total. The monoisotopic (exact) mass is 391 g/mol. The maximum Gasteiger partial charge on any atom is 0.387 e. The van der Waals surface area contributed by atoms with Crippen molar-refractivity contribution in [3.05, 3.63) is 65.7 Å². The molecular weight excluding hydrogens is 364 g/mol. The van der Waals surface area contributed by atoms with Crippen molar-refractivity contribution in [1.82, 2.24) is 10.6 Å². The number of hydrogen-bond acceptors (Lipinski definition) is 3. The van der Waals surface area contributed by atoms with Gasteiger partial charge in [-0.1, -0.05) is 49.4 Å². The van der Waals surface area contributed by atoms with Gasteiger partial charge in [-0.15, -0.1) is 0 Å². The Hall–Kier alpha value is -2.67. The van der Waals surface area contributed by atoms with E-state index in [9.17, 15) is 13.9 Å². The molecule has 2 unspecified atom stereocenters. The smallest absolute Gasteiger partial charge is 0.387 e. The minimum atomic E-state index is -2.87. The summed E-state index contributed by atoms with van der Waals surface area (Å²) in [5, 5.41) is 16.6. The fraction of sp³-hybridized carbons (Fsp3) is 0.381. The zero-order valence-corrected chi connectivity index (χ0v) is 16.1. The third-order valence-electron chi connectivity index (χ3n) is 4.19. The van der Waals surface area contributed by atoms with Gasteiger partial charge < -0.3 is 20.5 Å². The van der Waals surface area contributed by atoms with Gasteiger partial charge in [-0.2, -0.15) is 8.78 Å². The molecule has 28 heavy (non-hydrogen) atoms. The maximum atomic E-state index is 12.2. The molecular formula is C21H27F2N3O2. The van der Waals surface area contributed by atoms with E-state index in [4.69, 9.17) is 0 Å². The van der Waals surface area contributed by atoms with Gasteiger partial charge >= 0.3 is 6.61 Å². The van der Waals surface area contributed by atoms with Crippen molar-refractivity contribution in [1.29, 1.82) is 0 Å². The van der Waals surface area contributed by atoms with E-state index in [2.05, 4.69) is 39.4 Å². The molecule has 2 aromatic rings. The van der Waals surface area contributed by atoms with E-state index in [1.807, 2.05) is 25.1 Å². The van der Waals surface area contributed by atoms with E-state index >= 15 is 0 Å². The Balaban J connectivity index is 1.90. The second-order valence-corrected chi connectivity index (χ2v) is 6.38. The molecule has 0 aliphatic carbocycles. The predicted octanol–water partition coefficient (Wildman–Crippen LogP) is 3.68. The average Bonchev–Trinajstić information content (AvgIpc) is 2.70. The normalized spacial score (nSPS) is 13.9. The first-order valence-corrected chi connectivity index (χ1v) is 9.29. The second kappa shape index (κ2) is 11.2. The van der Waals surface area contributed by atoms with Crippen LogP contribution in [0.3, 0.4) is 0 Å². The fourth-order valence-corrected chi connectivity index (χ4v) is 2.64. The summed E-state index contributed by atoms with van der Waals surface area (Å²) in [7, 11) is 0. The number of nitrogens with one attached hydrogen (secondary N) is 2. The molecule has 0 aliphatic rings. The second-order valence-electron chi connectivity index (χ2n) is 6.38. The van der Waals surface area contributed by atoms with E-state index in [1.54, 1.807) is 12.1 Å². The fourth-order valence-electron chi connectivity index (χ4n) is 2.64. The van der Waals surface area contributed by atoms with Crippen molar-refractivity contribution in [3.8, 4) is 5.75 Å². The van der Waals surface area contributed by atoms with Crippen molar-refractivity contribution in [3.63, 3.8) is 0 Å². The number of ether oxygens (including phenoxy) is 1. The van der Waals surface area contributed by atoms with Gasteiger partial charge in [-0.3, -0.25) is 4.99 Å². The first kappa shape index (κ1) is 21.6. The van der Waals surface area contributed by atoms with E-state index in [0.717, 1.165) is 0 Å². The van der Waals surface area contributed by atoms with Crippen LogP contribution in [0.4, 0.5) is 8.78 Å². The number of alkyl halides is 2. The van der Waals surface area contributed by atoms with Crippen LogP contribution in [0.5, 0.6) is 5.75 Å². The molecule has 7 heteroatoms. The van der Waals surface area contributed by atoms with Crippen LogP contribution in [0.2, 0.25) is 0 Å². The van der Waals surface area contributed by atoms with Crippen molar-refractivity contribution in [2.45, 2.75) is 32.5 Å². The number of guanidine groups is 1. The Kier molecular flexibility index (Phi) is 8.68. The summed E-state index contributed by atoms with van der Waals surface area (Å²) in [4.78, 5) is 4.58. The van der Waals surface area contributed by atoms with E-state index < -0.39 is 12.7 Å². The Labute approximate surface area is 164 Å². The molecule has 2 atom stereocenters. The number of benzene rings is 2. The van der Waals surface area contributed by atoms with Crippen molar-refractivity contribution in [2.75, 3.05) is 19.6 Å². The Bertz CT molecular complexity index is 724. The molecule has 0 fully saturated rings. The third-order valence-corrected chi connectivity index (χ3v) is 4.19. The van der Waals surface area contributed by atoms with Crippen LogP contribution >= 0.6 is 0 Å². The van der Waals surface area contributed by atoms with E-state index in [1.165, 1.54) is 17.7 Å². The standard InChI is InChI=1S/C21H27F2N3O2/c1-3-24-21(25-13-15(2)16-7-5-4-6-8-16)26-14-19(27)17-9-11-18(12-10-17)28-20(22)23/h4-12,15,19-20,27H,3,13-14H2,1-2H3,(H2,24,25,26). The number of halogens is 2. The molecule has 0 spiro atoms. The summed E-state index contributed by atoms with van der Waals surface area (Å²) >= 11 is 0. The minimum Gasteiger partial charge on any atom is -0.435 e. The Morgan fingerprint density at radius 1 is 1.04 bits per heavy atom. The predicted molar refractivity (Wildman–Crippen MR) is 107 cm³/mol. The molecule has 0 aliphatic heterocycles. The highest BCUT2D eigenvalue weighted by atomic mass is 19.3. The number of aliphatic imine (C=N–C) groups is 1. The molecule has 5 nitrogen and oxygen atoms in total. The van der Waals surface area contributed by atoms with E-state index in [-0.39, 0.29) is 18.2 Å². The molecule has 2 aromatic carbocycles. The first-order valence-electron chi connectivity index (χ1n) is 9.29. The summed E-state index contributed by atoms with van der Waals surface area (Å²) in [6, 6.07) is 16.1. The summed E-state index contributed by atoms with van der Waals surface area (Å²) in [6.45, 7) is 2.75. The number of hydrogen-bond donors (Lipinski definition) is 3. The van der Waals surface area contributed by atoms with Gasteiger partial charge in [0.1, 0.15) is 5.75 Å². The molecule has 0 radical (unpaired) electrons. The zero-order valence-electron chi connectivity index (χ0n) is 16.1. The number of rotatable bonds is 9. The minimum absolute atomic E-state index is 0.0590.